The Bertz CT molecular complexity index is 1330. The molecule has 3 aliphatic heterocycles. The number of halogens is 4. The minimum atomic E-state index is -4.46. The highest BCUT2D eigenvalue weighted by molar-refractivity contribution is 5.88. The number of hydrogen-bond acceptors (Lipinski definition) is 5. The maximum Gasteiger partial charge on any atom is 0.416 e. The quantitative estimate of drug-likeness (QED) is 0.306. The van der Waals surface area contributed by atoms with Crippen LogP contribution in [0.3, 0.4) is 0 Å². The topological polar surface area (TPSA) is 45.3 Å². The Morgan fingerprint density at radius 2 is 1.64 bits per heavy atom. The Labute approximate surface area is 263 Å². The third-order valence-corrected chi connectivity index (χ3v) is 10.7. The first-order valence-corrected chi connectivity index (χ1v) is 16.4. The number of hydrogen-bond donors (Lipinski definition) is 0. The van der Waals surface area contributed by atoms with Gasteiger partial charge in [0.2, 0.25) is 5.67 Å². The zero-order valence-corrected chi connectivity index (χ0v) is 26.3. The van der Waals surface area contributed by atoms with Crippen molar-refractivity contribution in [2.75, 3.05) is 65.0 Å². The highest BCUT2D eigenvalue weighted by atomic mass is 19.4. The number of alkyl halides is 4. The van der Waals surface area contributed by atoms with Crippen LogP contribution in [-0.2, 0) is 15.7 Å². The van der Waals surface area contributed by atoms with Crippen molar-refractivity contribution in [3.8, 4) is 5.75 Å². The van der Waals surface area contributed by atoms with Crippen molar-refractivity contribution in [1.82, 2.24) is 9.80 Å². The summed E-state index contributed by atoms with van der Waals surface area (Å²) in [6.45, 7) is 2.74. The van der Waals surface area contributed by atoms with Crippen molar-refractivity contribution in [1.29, 1.82) is 0 Å². The summed E-state index contributed by atoms with van der Waals surface area (Å²) in [4.78, 5) is 20.3. The summed E-state index contributed by atoms with van der Waals surface area (Å²) in [6, 6.07) is 11.6. The summed E-state index contributed by atoms with van der Waals surface area (Å²) in [5, 5.41) is 0. The molecule has 0 N–H and O–H groups in total. The molecule has 4 fully saturated rings. The van der Waals surface area contributed by atoms with E-state index in [2.05, 4.69) is 9.80 Å². The number of methoxy groups -OCH3 is 2. The second kappa shape index (κ2) is 13.1. The molecule has 45 heavy (non-hydrogen) atoms. The minimum Gasteiger partial charge on any atom is -0.497 e. The molecule has 6 rings (SSSR count). The number of carbonyl (C=O) groups is 1. The van der Waals surface area contributed by atoms with Crippen molar-refractivity contribution in [2.24, 2.45) is 5.92 Å². The van der Waals surface area contributed by atoms with E-state index in [1.807, 2.05) is 24.3 Å². The number of amides is 1. The van der Waals surface area contributed by atoms with Gasteiger partial charge in [0.15, 0.2) is 0 Å². The standard InChI is InChI=1S/C35H45F4N3O3/c1-44-22-25-19-41(20-30(25)29-15-12-26(35(37,38)39)18-32(29)40-16-6-3-7-17-40)33(43)34(36)23-42(27-8-4-5-9-27)21-31(34)24-10-13-28(45-2)14-11-24/h10-15,18,25,27,30-31H,3-9,16-17,19-23H2,1-2H3/t25-,30+,31+,34+/m1/s1. The summed E-state index contributed by atoms with van der Waals surface area (Å²) in [6.07, 6.45) is 2.67. The van der Waals surface area contributed by atoms with Crippen LogP contribution in [0, 0.1) is 5.92 Å². The van der Waals surface area contributed by atoms with E-state index in [1.165, 1.54) is 6.07 Å². The molecule has 3 saturated heterocycles. The van der Waals surface area contributed by atoms with Crippen molar-refractivity contribution < 1.29 is 31.8 Å². The third kappa shape index (κ3) is 6.42. The first-order valence-electron chi connectivity index (χ1n) is 16.4. The normalized spacial score (nSPS) is 28.3. The Balaban J connectivity index is 1.32. The molecule has 2 aromatic carbocycles. The average Bonchev–Trinajstić information content (AvgIpc) is 3.80. The molecule has 1 amide bonds. The van der Waals surface area contributed by atoms with Gasteiger partial charge in [0.25, 0.3) is 5.91 Å². The molecule has 1 aliphatic carbocycles. The van der Waals surface area contributed by atoms with Crippen molar-refractivity contribution in [2.45, 2.75) is 74.7 Å². The largest absolute Gasteiger partial charge is 0.497 e. The lowest BCUT2D eigenvalue weighted by Crippen LogP contribution is -2.50. The Hall–Kier alpha value is -2.85. The zero-order chi connectivity index (χ0) is 31.8. The highest BCUT2D eigenvalue weighted by Gasteiger charge is 2.57. The van der Waals surface area contributed by atoms with E-state index in [1.54, 1.807) is 25.2 Å². The minimum absolute atomic E-state index is 0.0443. The van der Waals surface area contributed by atoms with Crippen LogP contribution in [-0.4, -0.2) is 87.5 Å². The summed E-state index contributed by atoms with van der Waals surface area (Å²) >= 11 is 0. The molecule has 1 saturated carbocycles. The lowest BCUT2D eigenvalue weighted by Gasteiger charge is -2.33. The average molecular weight is 632 g/mol. The van der Waals surface area contributed by atoms with Gasteiger partial charge in [-0.3, -0.25) is 9.69 Å². The second-order valence-corrected chi connectivity index (χ2v) is 13.4. The van der Waals surface area contributed by atoms with E-state index in [-0.39, 0.29) is 31.0 Å². The van der Waals surface area contributed by atoms with Crippen LogP contribution in [0.1, 0.15) is 73.5 Å². The predicted molar refractivity (Wildman–Crippen MR) is 166 cm³/mol. The number of ether oxygens (including phenoxy) is 2. The second-order valence-electron chi connectivity index (χ2n) is 13.4. The number of likely N-dealkylation sites (tertiary alicyclic amines) is 2. The number of piperidine rings is 1. The number of benzene rings is 2. The molecule has 0 aromatic heterocycles. The molecule has 4 atom stereocenters. The van der Waals surface area contributed by atoms with Gasteiger partial charge in [-0.15, -0.1) is 0 Å². The van der Waals surface area contributed by atoms with Crippen LogP contribution in [0.4, 0.5) is 23.2 Å². The zero-order valence-electron chi connectivity index (χ0n) is 26.3. The molecule has 0 spiro atoms. The summed E-state index contributed by atoms with van der Waals surface area (Å²) in [5.74, 6) is -0.936. The number of carbonyl (C=O) groups excluding carboxylic acids is 1. The van der Waals surface area contributed by atoms with Crippen LogP contribution in [0.5, 0.6) is 5.75 Å². The maximum atomic E-state index is 17.6. The predicted octanol–water partition coefficient (Wildman–Crippen LogP) is 6.64. The fraction of sp³-hybridized carbons (Fsp3) is 0.629. The van der Waals surface area contributed by atoms with E-state index in [0.29, 0.717) is 44.2 Å². The summed E-state index contributed by atoms with van der Waals surface area (Å²) in [7, 11) is 3.18. The van der Waals surface area contributed by atoms with Gasteiger partial charge >= 0.3 is 6.18 Å². The lowest BCUT2D eigenvalue weighted by atomic mass is 9.85. The molecule has 0 bridgehead atoms. The molecular weight excluding hydrogens is 586 g/mol. The first-order chi connectivity index (χ1) is 21.6. The smallest absolute Gasteiger partial charge is 0.416 e. The van der Waals surface area contributed by atoms with Crippen molar-refractivity contribution in [3.63, 3.8) is 0 Å². The molecule has 10 heteroatoms. The van der Waals surface area contributed by atoms with Gasteiger partial charge in [-0.05, 0) is 67.5 Å². The van der Waals surface area contributed by atoms with E-state index in [4.69, 9.17) is 9.47 Å². The third-order valence-electron chi connectivity index (χ3n) is 10.7. The molecule has 4 aliphatic rings. The van der Waals surface area contributed by atoms with Crippen LogP contribution >= 0.6 is 0 Å². The van der Waals surface area contributed by atoms with Crippen LogP contribution in [0.15, 0.2) is 42.5 Å². The van der Waals surface area contributed by atoms with E-state index in [9.17, 15) is 18.0 Å². The number of rotatable bonds is 8. The molecule has 2 aromatic rings. The van der Waals surface area contributed by atoms with Gasteiger partial charge in [-0.25, -0.2) is 4.39 Å². The van der Waals surface area contributed by atoms with Crippen molar-refractivity contribution >= 4 is 11.6 Å². The van der Waals surface area contributed by atoms with Gasteiger partial charge < -0.3 is 19.3 Å². The van der Waals surface area contributed by atoms with Gasteiger partial charge in [-0.1, -0.05) is 31.0 Å². The fourth-order valence-corrected chi connectivity index (χ4v) is 8.30. The molecule has 0 radical (unpaired) electrons. The van der Waals surface area contributed by atoms with E-state index in [0.717, 1.165) is 62.1 Å². The van der Waals surface area contributed by atoms with Crippen LogP contribution in [0.25, 0.3) is 0 Å². The van der Waals surface area contributed by atoms with Crippen molar-refractivity contribution in [3.05, 3.63) is 59.2 Å². The summed E-state index contributed by atoms with van der Waals surface area (Å²) < 4.78 is 70.0. The van der Waals surface area contributed by atoms with Gasteiger partial charge in [0.05, 0.1) is 19.3 Å². The number of anilines is 1. The van der Waals surface area contributed by atoms with Crippen LogP contribution < -0.4 is 9.64 Å². The van der Waals surface area contributed by atoms with E-state index < -0.39 is 29.2 Å². The summed E-state index contributed by atoms with van der Waals surface area (Å²) in [5.41, 5.74) is -0.680. The molecule has 3 heterocycles. The SMILES string of the molecule is COC[C@H]1CN(C(=O)[C@]2(F)CN(C3CCCC3)C[C@H]2c2ccc(OC)cc2)C[C@@H]1c1ccc(C(F)(F)F)cc1N1CCCCC1. The van der Waals surface area contributed by atoms with E-state index >= 15 is 4.39 Å². The highest BCUT2D eigenvalue weighted by Crippen LogP contribution is 2.47. The number of nitrogens with zero attached hydrogens (tertiary/aromatic N) is 3. The molecule has 6 nitrogen and oxygen atoms in total. The van der Waals surface area contributed by atoms with Gasteiger partial charge in [0, 0.05) is 75.9 Å². The van der Waals surface area contributed by atoms with Gasteiger partial charge in [-0.2, -0.15) is 13.2 Å². The first kappa shape index (κ1) is 32.1. The molecule has 0 unspecified atom stereocenters. The maximum absolute atomic E-state index is 17.6. The molecular formula is C35H45F4N3O3. The monoisotopic (exact) mass is 631 g/mol. The van der Waals surface area contributed by atoms with Gasteiger partial charge in [0.1, 0.15) is 5.75 Å². The Morgan fingerprint density at radius 3 is 2.29 bits per heavy atom. The Morgan fingerprint density at radius 1 is 0.933 bits per heavy atom. The van der Waals surface area contributed by atoms with Crippen LogP contribution in [0.2, 0.25) is 0 Å². The lowest BCUT2D eigenvalue weighted by molar-refractivity contribution is -0.143. The molecule has 246 valence electrons. The fourth-order valence-electron chi connectivity index (χ4n) is 8.30. The Kier molecular flexibility index (Phi) is 9.35.